The molecule has 1 heteroatoms. The van der Waals surface area contributed by atoms with E-state index in [1.54, 1.807) is 6.21 Å². The SMILES string of the molecule is C=C(C)C=NC(=C)CC.CC. The lowest BCUT2D eigenvalue weighted by molar-refractivity contribution is 1.08. The molecular formula is C10H19N. The average Bonchev–Trinajstić information content (AvgIpc) is 2.04. The van der Waals surface area contributed by atoms with E-state index < -0.39 is 0 Å². The number of hydrogen-bond acceptors (Lipinski definition) is 1. The van der Waals surface area contributed by atoms with Gasteiger partial charge >= 0.3 is 0 Å². The van der Waals surface area contributed by atoms with Crippen LogP contribution in [-0.2, 0) is 0 Å². The fraction of sp³-hybridized carbons (Fsp3) is 0.500. The van der Waals surface area contributed by atoms with E-state index >= 15 is 0 Å². The van der Waals surface area contributed by atoms with Crippen LogP contribution in [0.2, 0.25) is 0 Å². The van der Waals surface area contributed by atoms with Crippen molar-refractivity contribution in [3.05, 3.63) is 24.4 Å². The zero-order valence-electron chi connectivity index (χ0n) is 8.15. The van der Waals surface area contributed by atoms with Gasteiger partial charge in [-0.25, -0.2) is 0 Å². The Labute approximate surface area is 70.5 Å². The summed E-state index contributed by atoms with van der Waals surface area (Å²) in [4.78, 5) is 4.02. The molecule has 64 valence electrons. The summed E-state index contributed by atoms with van der Waals surface area (Å²) in [5.41, 5.74) is 1.86. The lowest BCUT2D eigenvalue weighted by atomic mass is 10.3. The van der Waals surface area contributed by atoms with Gasteiger partial charge in [-0.15, -0.1) is 0 Å². The molecule has 0 atom stereocenters. The minimum Gasteiger partial charge on any atom is -0.262 e. The molecule has 0 aliphatic carbocycles. The second-order valence-electron chi connectivity index (χ2n) is 2.02. The van der Waals surface area contributed by atoms with Gasteiger partial charge in [-0.3, -0.25) is 4.99 Å². The highest BCUT2D eigenvalue weighted by atomic mass is 14.7. The lowest BCUT2D eigenvalue weighted by Crippen LogP contribution is -1.75. The van der Waals surface area contributed by atoms with Crippen LogP contribution >= 0.6 is 0 Å². The summed E-state index contributed by atoms with van der Waals surface area (Å²) in [5.74, 6) is 0. The average molecular weight is 153 g/mol. The van der Waals surface area contributed by atoms with Gasteiger partial charge in [0.2, 0.25) is 0 Å². The van der Waals surface area contributed by atoms with E-state index in [0.29, 0.717) is 0 Å². The van der Waals surface area contributed by atoms with Gasteiger partial charge in [0.1, 0.15) is 0 Å². The van der Waals surface area contributed by atoms with Crippen molar-refractivity contribution >= 4 is 6.21 Å². The Morgan fingerprint density at radius 3 is 2.09 bits per heavy atom. The van der Waals surface area contributed by atoms with Crippen LogP contribution in [-0.4, -0.2) is 6.21 Å². The highest BCUT2D eigenvalue weighted by Crippen LogP contribution is 1.96. The first-order chi connectivity index (χ1) is 5.16. The second kappa shape index (κ2) is 9.15. The molecule has 0 aromatic rings. The van der Waals surface area contributed by atoms with Crippen molar-refractivity contribution in [2.24, 2.45) is 4.99 Å². The van der Waals surface area contributed by atoms with E-state index in [-0.39, 0.29) is 0 Å². The fourth-order valence-electron chi connectivity index (χ4n) is 0.293. The van der Waals surface area contributed by atoms with Crippen LogP contribution in [0.25, 0.3) is 0 Å². The van der Waals surface area contributed by atoms with Crippen LogP contribution in [0.1, 0.15) is 34.1 Å². The minimum absolute atomic E-state index is 0.901. The summed E-state index contributed by atoms with van der Waals surface area (Å²) in [6.45, 7) is 15.3. The smallest absolute Gasteiger partial charge is 0.0329 e. The maximum atomic E-state index is 4.02. The highest BCUT2D eigenvalue weighted by molar-refractivity contribution is 5.77. The molecule has 0 saturated heterocycles. The Morgan fingerprint density at radius 1 is 1.36 bits per heavy atom. The molecule has 1 nitrogen and oxygen atoms in total. The third-order valence-corrected chi connectivity index (χ3v) is 0.876. The molecule has 0 aromatic heterocycles. The molecule has 0 radical (unpaired) electrons. The van der Waals surface area contributed by atoms with E-state index in [0.717, 1.165) is 17.7 Å². The summed E-state index contributed by atoms with van der Waals surface area (Å²) in [6.07, 6.45) is 2.63. The van der Waals surface area contributed by atoms with Crippen molar-refractivity contribution in [3.8, 4) is 0 Å². The van der Waals surface area contributed by atoms with Gasteiger partial charge in [0, 0.05) is 11.9 Å². The lowest BCUT2D eigenvalue weighted by Gasteiger charge is -1.89. The van der Waals surface area contributed by atoms with Gasteiger partial charge in [-0.1, -0.05) is 33.9 Å². The molecule has 11 heavy (non-hydrogen) atoms. The van der Waals surface area contributed by atoms with Gasteiger partial charge in [0.25, 0.3) is 0 Å². The summed E-state index contributed by atoms with van der Waals surface area (Å²) in [6, 6.07) is 0. The first-order valence-corrected chi connectivity index (χ1v) is 4.04. The minimum atomic E-state index is 0.901. The monoisotopic (exact) mass is 153 g/mol. The summed E-state index contributed by atoms with van der Waals surface area (Å²) >= 11 is 0. The molecule has 0 aliphatic rings. The van der Waals surface area contributed by atoms with Gasteiger partial charge in [0.05, 0.1) is 0 Å². The topological polar surface area (TPSA) is 12.4 Å². The predicted octanol–water partition coefficient (Wildman–Crippen LogP) is 3.58. The van der Waals surface area contributed by atoms with E-state index in [1.165, 1.54) is 0 Å². The van der Waals surface area contributed by atoms with Crippen molar-refractivity contribution in [1.82, 2.24) is 0 Å². The van der Waals surface area contributed by atoms with Crippen molar-refractivity contribution in [2.75, 3.05) is 0 Å². The van der Waals surface area contributed by atoms with Gasteiger partial charge < -0.3 is 0 Å². The van der Waals surface area contributed by atoms with Crippen molar-refractivity contribution in [2.45, 2.75) is 34.1 Å². The van der Waals surface area contributed by atoms with Gasteiger partial charge in [-0.05, 0) is 18.9 Å². The standard InChI is InChI=1S/C8H13N.C2H6/c1-5-8(4)9-6-7(2)3;1-2/h6H,2,4-5H2,1,3H3;1-2H3. The number of nitrogens with zero attached hydrogens (tertiary/aromatic N) is 1. The molecule has 0 spiro atoms. The number of rotatable bonds is 3. The molecule has 0 rings (SSSR count). The van der Waals surface area contributed by atoms with E-state index in [1.807, 2.05) is 27.7 Å². The van der Waals surface area contributed by atoms with Crippen LogP contribution in [0.15, 0.2) is 29.4 Å². The maximum absolute atomic E-state index is 4.02. The van der Waals surface area contributed by atoms with E-state index in [9.17, 15) is 0 Å². The number of hydrogen-bond donors (Lipinski definition) is 0. The predicted molar refractivity (Wildman–Crippen MR) is 54.1 cm³/mol. The highest BCUT2D eigenvalue weighted by Gasteiger charge is 1.80. The van der Waals surface area contributed by atoms with E-state index in [2.05, 4.69) is 18.2 Å². The maximum Gasteiger partial charge on any atom is 0.0329 e. The summed E-state index contributed by atoms with van der Waals surface area (Å²) in [5, 5.41) is 0. The molecule has 0 saturated carbocycles. The second-order valence-corrected chi connectivity index (χ2v) is 2.02. The van der Waals surface area contributed by atoms with Crippen LogP contribution in [0.4, 0.5) is 0 Å². The normalized spacial score (nSPS) is 8.73. The zero-order chi connectivity index (χ0) is 9.28. The quantitative estimate of drug-likeness (QED) is 0.549. The van der Waals surface area contributed by atoms with Crippen LogP contribution in [0, 0.1) is 0 Å². The molecule has 0 heterocycles. The largest absolute Gasteiger partial charge is 0.262 e. The Bertz CT molecular complexity index is 143. The summed E-state index contributed by atoms with van der Waals surface area (Å²) in [7, 11) is 0. The first-order valence-electron chi connectivity index (χ1n) is 4.04. The Kier molecular flexibility index (Phi) is 10.6. The van der Waals surface area contributed by atoms with Gasteiger partial charge in [0.15, 0.2) is 0 Å². The number of allylic oxidation sites excluding steroid dienone is 2. The third kappa shape index (κ3) is 12.4. The molecule has 0 amide bonds. The molecule has 0 unspecified atom stereocenters. The van der Waals surface area contributed by atoms with Crippen LogP contribution in [0.5, 0.6) is 0 Å². The fourth-order valence-corrected chi connectivity index (χ4v) is 0.293. The van der Waals surface area contributed by atoms with Crippen LogP contribution in [0.3, 0.4) is 0 Å². The Balaban J connectivity index is 0. The molecule has 0 aromatic carbocycles. The molecule has 0 bridgehead atoms. The third-order valence-electron chi connectivity index (χ3n) is 0.876. The Hall–Kier alpha value is -0.850. The van der Waals surface area contributed by atoms with Crippen molar-refractivity contribution < 1.29 is 0 Å². The van der Waals surface area contributed by atoms with E-state index in [4.69, 9.17) is 0 Å². The first kappa shape index (κ1) is 12.8. The molecule has 0 fully saturated rings. The summed E-state index contributed by atoms with van der Waals surface area (Å²) < 4.78 is 0. The molecule has 0 aliphatic heterocycles. The van der Waals surface area contributed by atoms with Gasteiger partial charge in [-0.2, -0.15) is 0 Å². The Morgan fingerprint density at radius 2 is 1.82 bits per heavy atom. The van der Waals surface area contributed by atoms with Crippen LogP contribution < -0.4 is 0 Å². The number of aliphatic imine (C=N–C) groups is 1. The zero-order valence-corrected chi connectivity index (χ0v) is 8.15. The molecular weight excluding hydrogens is 134 g/mol. The molecule has 0 N–H and O–H groups in total. The van der Waals surface area contributed by atoms with Crippen molar-refractivity contribution in [1.29, 1.82) is 0 Å². The van der Waals surface area contributed by atoms with Crippen molar-refractivity contribution in [3.63, 3.8) is 0 Å².